The van der Waals surface area contributed by atoms with E-state index in [0.29, 0.717) is 17.9 Å². The zero-order valence-electron chi connectivity index (χ0n) is 12.2. The molecule has 0 atom stereocenters. The fourth-order valence-electron chi connectivity index (χ4n) is 3.76. The Hall–Kier alpha value is -1.10. The Morgan fingerprint density at radius 3 is 2.60 bits per heavy atom. The molecule has 3 N–H and O–H groups in total. The lowest BCUT2D eigenvalue weighted by atomic mass is 9.63. The number of nitrogens with one attached hydrogen (secondary N) is 2. The second kappa shape index (κ2) is 6.12. The number of aliphatic imine (C=N–C) groups is 1. The minimum Gasteiger partial charge on any atom is -0.396 e. The van der Waals surface area contributed by atoms with Crippen LogP contribution in [-0.4, -0.2) is 36.5 Å². The largest absolute Gasteiger partial charge is 0.396 e. The van der Waals surface area contributed by atoms with E-state index in [4.69, 9.17) is 0 Å². The number of nitrogens with zero attached hydrogens (tertiary/aromatic N) is 2. The van der Waals surface area contributed by atoms with Gasteiger partial charge in [0.05, 0.1) is 6.54 Å². The predicted octanol–water partition coefficient (Wildman–Crippen LogP) is 1.63. The first-order valence-electron chi connectivity index (χ1n) is 8.00. The van der Waals surface area contributed by atoms with Crippen molar-refractivity contribution in [3.8, 4) is 0 Å². The van der Waals surface area contributed by atoms with Crippen LogP contribution in [0.4, 0.5) is 0 Å². The average molecular weight is 278 g/mol. The van der Waals surface area contributed by atoms with Gasteiger partial charge in [0.15, 0.2) is 0 Å². The SMILES string of the molecule is OCC1CCC2(CCC(=NNC3=NCCN3)CC2)CC1. The summed E-state index contributed by atoms with van der Waals surface area (Å²) in [5.74, 6) is 1.38. The van der Waals surface area contributed by atoms with Gasteiger partial charge in [-0.1, -0.05) is 0 Å². The maximum absolute atomic E-state index is 9.25. The van der Waals surface area contributed by atoms with E-state index in [-0.39, 0.29) is 0 Å². The van der Waals surface area contributed by atoms with Gasteiger partial charge in [0.2, 0.25) is 5.96 Å². The van der Waals surface area contributed by atoms with Gasteiger partial charge in [-0.3, -0.25) is 0 Å². The maximum atomic E-state index is 9.25. The van der Waals surface area contributed by atoms with E-state index < -0.39 is 0 Å². The molecule has 2 fully saturated rings. The van der Waals surface area contributed by atoms with Crippen molar-refractivity contribution in [1.29, 1.82) is 0 Å². The molecule has 3 aliphatic rings. The van der Waals surface area contributed by atoms with Crippen LogP contribution in [0.15, 0.2) is 10.1 Å². The average Bonchev–Trinajstić information content (AvgIpc) is 3.01. The molecule has 112 valence electrons. The maximum Gasteiger partial charge on any atom is 0.212 e. The van der Waals surface area contributed by atoms with Gasteiger partial charge in [-0.05, 0) is 62.7 Å². The summed E-state index contributed by atoms with van der Waals surface area (Å²) in [6, 6.07) is 0. The molecule has 0 aromatic rings. The van der Waals surface area contributed by atoms with Crippen LogP contribution in [0.1, 0.15) is 51.4 Å². The molecule has 20 heavy (non-hydrogen) atoms. The summed E-state index contributed by atoms with van der Waals surface area (Å²) in [4.78, 5) is 4.28. The van der Waals surface area contributed by atoms with E-state index in [1.54, 1.807) is 0 Å². The first kappa shape index (κ1) is 13.9. The van der Waals surface area contributed by atoms with E-state index in [1.807, 2.05) is 0 Å². The van der Waals surface area contributed by atoms with E-state index in [2.05, 4.69) is 20.8 Å². The summed E-state index contributed by atoms with van der Waals surface area (Å²) in [6.45, 7) is 2.15. The lowest BCUT2D eigenvalue weighted by molar-refractivity contribution is 0.0901. The molecule has 0 bridgehead atoms. The summed E-state index contributed by atoms with van der Waals surface area (Å²) in [7, 11) is 0. The van der Waals surface area contributed by atoms with Crippen LogP contribution in [0, 0.1) is 11.3 Å². The van der Waals surface area contributed by atoms with Crippen LogP contribution in [0.2, 0.25) is 0 Å². The third kappa shape index (κ3) is 3.14. The number of aliphatic hydroxyl groups excluding tert-OH is 1. The van der Waals surface area contributed by atoms with Gasteiger partial charge in [-0.25, -0.2) is 10.4 Å². The molecule has 1 heterocycles. The van der Waals surface area contributed by atoms with Crippen LogP contribution in [-0.2, 0) is 0 Å². The summed E-state index contributed by atoms with van der Waals surface area (Å²) >= 11 is 0. The molecule has 5 heteroatoms. The van der Waals surface area contributed by atoms with E-state index in [9.17, 15) is 5.11 Å². The highest BCUT2D eigenvalue weighted by Crippen LogP contribution is 2.48. The molecule has 3 rings (SSSR count). The van der Waals surface area contributed by atoms with Gasteiger partial charge >= 0.3 is 0 Å². The molecule has 1 spiro atoms. The molecule has 0 aromatic carbocycles. The Kier molecular flexibility index (Phi) is 4.24. The van der Waals surface area contributed by atoms with Gasteiger partial charge < -0.3 is 10.4 Å². The van der Waals surface area contributed by atoms with Crippen LogP contribution in [0.25, 0.3) is 0 Å². The highest BCUT2D eigenvalue weighted by atomic mass is 16.3. The highest BCUT2D eigenvalue weighted by Gasteiger charge is 2.37. The minimum absolute atomic E-state index is 0.377. The normalized spacial score (nSPS) is 33.8. The van der Waals surface area contributed by atoms with Crippen LogP contribution in [0.5, 0.6) is 0 Å². The molecular formula is C15H26N4O. The molecule has 0 unspecified atom stereocenters. The summed E-state index contributed by atoms with van der Waals surface area (Å²) in [6.07, 6.45) is 9.79. The predicted molar refractivity (Wildman–Crippen MR) is 80.8 cm³/mol. The van der Waals surface area contributed by atoms with Gasteiger partial charge in [-0.2, -0.15) is 5.10 Å². The molecular weight excluding hydrogens is 252 g/mol. The fraction of sp³-hybridized carbons (Fsp3) is 0.867. The third-order valence-electron chi connectivity index (χ3n) is 5.31. The van der Waals surface area contributed by atoms with Crippen molar-refractivity contribution < 1.29 is 5.11 Å². The second-order valence-electron chi connectivity index (χ2n) is 6.57. The highest BCUT2D eigenvalue weighted by molar-refractivity contribution is 5.88. The van der Waals surface area contributed by atoms with Crippen LogP contribution in [0.3, 0.4) is 0 Å². The zero-order valence-corrected chi connectivity index (χ0v) is 12.2. The lowest BCUT2D eigenvalue weighted by Gasteiger charge is -2.43. The van der Waals surface area contributed by atoms with Gasteiger partial charge in [0.25, 0.3) is 0 Å². The molecule has 0 saturated heterocycles. The standard InChI is InChI=1S/C15H26N4O/c20-11-12-1-5-15(6-2-12)7-3-13(4-8-15)18-19-14-16-9-10-17-14/h12,20H,1-11H2,(H2,16,17,19). The van der Waals surface area contributed by atoms with E-state index in [0.717, 1.165) is 31.9 Å². The summed E-state index contributed by atoms with van der Waals surface area (Å²) in [5, 5.41) is 16.9. The number of rotatable bonds is 2. The Morgan fingerprint density at radius 1 is 1.25 bits per heavy atom. The topological polar surface area (TPSA) is 69.0 Å². The van der Waals surface area contributed by atoms with Crippen molar-refractivity contribution in [2.24, 2.45) is 21.4 Å². The monoisotopic (exact) mass is 278 g/mol. The molecule has 2 aliphatic carbocycles. The number of hydrazone groups is 1. The van der Waals surface area contributed by atoms with Crippen molar-refractivity contribution >= 4 is 11.7 Å². The molecule has 0 radical (unpaired) electrons. The smallest absolute Gasteiger partial charge is 0.212 e. The first-order valence-corrected chi connectivity index (χ1v) is 8.00. The number of hydrogen-bond donors (Lipinski definition) is 3. The Labute approximate surface area is 120 Å². The van der Waals surface area contributed by atoms with Crippen molar-refractivity contribution in [1.82, 2.24) is 10.7 Å². The first-order chi connectivity index (χ1) is 9.80. The molecule has 0 amide bonds. The molecule has 5 nitrogen and oxygen atoms in total. The van der Waals surface area contributed by atoms with E-state index in [1.165, 1.54) is 44.2 Å². The Bertz CT molecular complexity index is 385. The molecule has 0 aromatic heterocycles. The Morgan fingerprint density at radius 2 is 2.00 bits per heavy atom. The lowest BCUT2D eigenvalue weighted by Crippen LogP contribution is -2.35. The molecule has 2 saturated carbocycles. The summed E-state index contributed by atoms with van der Waals surface area (Å²) < 4.78 is 0. The van der Waals surface area contributed by atoms with E-state index >= 15 is 0 Å². The van der Waals surface area contributed by atoms with Crippen LogP contribution < -0.4 is 10.7 Å². The van der Waals surface area contributed by atoms with Gasteiger partial charge in [-0.15, -0.1) is 0 Å². The number of guanidine groups is 1. The second-order valence-corrected chi connectivity index (χ2v) is 6.57. The number of aliphatic hydroxyl groups is 1. The third-order valence-corrected chi connectivity index (χ3v) is 5.31. The number of hydrogen-bond acceptors (Lipinski definition) is 5. The quantitative estimate of drug-likeness (QED) is 0.673. The van der Waals surface area contributed by atoms with Crippen molar-refractivity contribution in [3.63, 3.8) is 0 Å². The van der Waals surface area contributed by atoms with Crippen molar-refractivity contribution in [3.05, 3.63) is 0 Å². The van der Waals surface area contributed by atoms with Crippen molar-refractivity contribution in [2.75, 3.05) is 19.7 Å². The fourth-order valence-corrected chi connectivity index (χ4v) is 3.76. The van der Waals surface area contributed by atoms with Crippen molar-refractivity contribution in [2.45, 2.75) is 51.4 Å². The van der Waals surface area contributed by atoms with Crippen LogP contribution >= 0.6 is 0 Å². The van der Waals surface area contributed by atoms with Gasteiger partial charge in [0.1, 0.15) is 0 Å². The summed E-state index contributed by atoms with van der Waals surface area (Å²) in [5.41, 5.74) is 4.89. The molecule has 1 aliphatic heterocycles. The zero-order chi connectivity index (χ0) is 13.8. The van der Waals surface area contributed by atoms with Gasteiger partial charge in [0, 0.05) is 18.9 Å². The minimum atomic E-state index is 0.377. The Balaban J connectivity index is 1.48.